The number of halogens is 2. The first-order valence-electron chi connectivity index (χ1n) is 5.51. The van der Waals surface area contributed by atoms with Crippen LogP contribution in [-0.2, 0) is 0 Å². The van der Waals surface area contributed by atoms with Gasteiger partial charge in [0.15, 0.2) is 11.6 Å². The van der Waals surface area contributed by atoms with Crippen molar-refractivity contribution in [2.45, 2.75) is 6.92 Å². The van der Waals surface area contributed by atoms with Gasteiger partial charge in [-0.2, -0.15) is 0 Å². The summed E-state index contributed by atoms with van der Waals surface area (Å²) < 4.78 is 19.5. The Bertz CT molecular complexity index is 548. The summed E-state index contributed by atoms with van der Waals surface area (Å²) >= 11 is 3.28. The molecule has 3 nitrogen and oxygen atoms in total. The van der Waals surface area contributed by atoms with Crippen molar-refractivity contribution in [1.29, 1.82) is 0 Å². The third kappa shape index (κ3) is 3.20. The second-order valence-corrected chi connectivity index (χ2v) is 4.36. The monoisotopic (exact) mass is 310 g/mol. The van der Waals surface area contributed by atoms with Crippen LogP contribution in [0.15, 0.2) is 41.0 Å². The molecule has 0 radical (unpaired) electrons. The van der Waals surface area contributed by atoms with E-state index in [0.717, 1.165) is 4.60 Å². The summed E-state index contributed by atoms with van der Waals surface area (Å²) in [5, 5.41) is 3.02. The van der Waals surface area contributed by atoms with Crippen LogP contribution in [0.4, 0.5) is 15.9 Å². The SMILES string of the molecule is CCOc1ccc(Nc2cccc(Br)n2)cc1F. The largest absolute Gasteiger partial charge is 0.491 e. The van der Waals surface area contributed by atoms with Crippen LogP contribution < -0.4 is 10.1 Å². The van der Waals surface area contributed by atoms with Crippen molar-refractivity contribution < 1.29 is 9.13 Å². The van der Waals surface area contributed by atoms with E-state index in [9.17, 15) is 4.39 Å². The van der Waals surface area contributed by atoms with Gasteiger partial charge in [0.05, 0.1) is 6.61 Å². The molecule has 94 valence electrons. The molecule has 0 aliphatic carbocycles. The lowest BCUT2D eigenvalue weighted by molar-refractivity contribution is 0.321. The molecule has 0 fully saturated rings. The molecule has 2 rings (SSSR count). The van der Waals surface area contributed by atoms with Gasteiger partial charge in [0.1, 0.15) is 10.4 Å². The lowest BCUT2D eigenvalue weighted by Gasteiger charge is -2.08. The number of rotatable bonds is 4. The fourth-order valence-corrected chi connectivity index (χ4v) is 1.82. The summed E-state index contributed by atoms with van der Waals surface area (Å²) in [4.78, 5) is 4.21. The zero-order valence-electron chi connectivity index (χ0n) is 9.78. The quantitative estimate of drug-likeness (QED) is 0.862. The van der Waals surface area contributed by atoms with E-state index in [1.807, 2.05) is 19.1 Å². The molecule has 1 aromatic heterocycles. The van der Waals surface area contributed by atoms with Gasteiger partial charge in [0, 0.05) is 11.8 Å². The van der Waals surface area contributed by atoms with E-state index >= 15 is 0 Å². The smallest absolute Gasteiger partial charge is 0.167 e. The molecule has 1 aromatic carbocycles. The van der Waals surface area contributed by atoms with Crippen LogP contribution in [0.1, 0.15) is 6.92 Å². The molecule has 0 bridgehead atoms. The third-order valence-corrected chi connectivity index (χ3v) is 2.66. The Morgan fingerprint density at radius 1 is 1.33 bits per heavy atom. The van der Waals surface area contributed by atoms with Crippen molar-refractivity contribution in [3.8, 4) is 5.75 Å². The molecule has 0 saturated carbocycles. The molecule has 0 amide bonds. The zero-order chi connectivity index (χ0) is 13.0. The van der Waals surface area contributed by atoms with E-state index in [-0.39, 0.29) is 5.75 Å². The van der Waals surface area contributed by atoms with Gasteiger partial charge >= 0.3 is 0 Å². The molecule has 5 heteroatoms. The number of hydrogen-bond donors (Lipinski definition) is 1. The first-order chi connectivity index (χ1) is 8.69. The molecule has 18 heavy (non-hydrogen) atoms. The second-order valence-electron chi connectivity index (χ2n) is 3.55. The minimum Gasteiger partial charge on any atom is -0.491 e. The van der Waals surface area contributed by atoms with Gasteiger partial charge in [0.2, 0.25) is 0 Å². The normalized spacial score (nSPS) is 10.2. The van der Waals surface area contributed by atoms with E-state index in [1.54, 1.807) is 18.2 Å². The number of nitrogens with zero attached hydrogens (tertiary/aromatic N) is 1. The van der Waals surface area contributed by atoms with Gasteiger partial charge in [-0.3, -0.25) is 0 Å². The van der Waals surface area contributed by atoms with Gasteiger partial charge in [-0.25, -0.2) is 9.37 Å². The Morgan fingerprint density at radius 2 is 2.17 bits per heavy atom. The summed E-state index contributed by atoms with van der Waals surface area (Å²) in [5.41, 5.74) is 0.626. The molecule has 0 aliphatic heterocycles. The van der Waals surface area contributed by atoms with Crippen LogP contribution in [0.3, 0.4) is 0 Å². The highest BCUT2D eigenvalue weighted by atomic mass is 79.9. The van der Waals surface area contributed by atoms with E-state index in [1.165, 1.54) is 6.07 Å². The Kier molecular flexibility index (Phi) is 4.15. The van der Waals surface area contributed by atoms with Crippen molar-refractivity contribution in [2.24, 2.45) is 0 Å². The Balaban J connectivity index is 2.17. The predicted molar refractivity (Wildman–Crippen MR) is 72.8 cm³/mol. The van der Waals surface area contributed by atoms with Crippen LogP contribution in [0, 0.1) is 5.82 Å². The molecule has 0 saturated heterocycles. The van der Waals surface area contributed by atoms with E-state index in [2.05, 4.69) is 26.2 Å². The van der Waals surface area contributed by atoms with Crippen molar-refractivity contribution in [2.75, 3.05) is 11.9 Å². The van der Waals surface area contributed by atoms with Crippen molar-refractivity contribution >= 4 is 27.4 Å². The molecular weight excluding hydrogens is 299 g/mol. The molecule has 1 N–H and O–H groups in total. The van der Waals surface area contributed by atoms with Gasteiger partial charge in [0.25, 0.3) is 0 Å². The summed E-state index contributed by atoms with van der Waals surface area (Å²) in [6, 6.07) is 10.2. The maximum Gasteiger partial charge on any atom is 0.167 e. The minimum atomic E-state index is -0.392. The number of nitrogens with one attached hydrogen (secondary N) is 1. The standard InChI is InChI=1S/C13H12BrFN2O/c1-2-18-11-7-6-9(8-10(11)15)16-13-5-3-4-12(14)17-13/h3-8H,2H2,1H3,(H,16,17). The summed E-state index contributed by atoms with van der Waals surface area (Å²) in [5.74, 6) is 0.509. The average Bonchev–Trinajstić information content (AvgIpc) is 2.33. The zero-order valence-corrected chi connectivity index (χ0v) is 11.4. The van der Waals surface area contributed by atoms with Crippen LogP contribution in [-0.4, -0.2) is 11.6 Å². The highest BCUT2D eigenvalue weighted by molar-refractivity contribution is 9.10. The Labute approximate surface area is 113 Å². The highest BCUT2D eigenvalue weighted by Gasteiger charge is 2.04. The van der Waals surface area contributed by atoms with Gasteiger partial charge in [-0.05, 0) is 47.1 Å². The molecule has 2 aromatic rings. The van der Waals surface area contributed by atoms with E-state index in [0.29, 0.717) is 18.1 Å². The lowest BCUT2D eigenvalue weighted by Crippen LogP contribution is -1.97. The molecule has 0 spiro atoms. The first-order valence-corrected chi connectivity index (χ1v) is 6.30. The Morgan fingerprint density at radius 3 is 2.83 bits per heavy atom. The summed E-state index contributed by atoms with van der Waals surface area (Å²) in [7, 11) is 0. The molecule has 0 atom stereocenters. The number of pyridine rings is 1. The number of hydrogen-bond acceptors (Lipinski definition) is 3. The molecular formula is C13H12BrFN2O. The maximum atomic E-state index is 13.6. The number of benzene rings is 1. The van der Waals surface area contributed by atoms with Crippen LogP contribution in [0.5, 0.6) is 5.75 Å². The van der Waals surface area contributed by atoms with Crippen LogP contribution in [0.2, 0.25) is 0 Å². The topological polar surface area (TPSA) is 34.1 Å². The molecule has 0 aliphatic rings. The lowest BCUT2D eigenvalue weighted by atomic mass is 10.3. The maximum absolute atomic E-state index is 13.6. The fourth-order valence-electron chi connectivity index (χ4n) is 1.48. The summed E-state index contributed by atoms with van der Waals surface area (Å²) in [6.45, 7) is 2.26. The number of anilines is 2. The molecule has 0 unspecified atom stereocenters. The number of aromatic nitrogens is 1. The third-order valence-electron chi connectivity index (χ3n) is 2.22. The van der Waals surface area contributed by atoms with E-state index in [4.69, 9.17) is 4.74 Å². The Hall–Kier alpha value is -1.62. The summed E-state index contributed by atoms with van der Waals surface area (Å²) in [6.07, 6.45) is 0. The van der Waals surface area contributed by atoms with Gasteiger partial charge in [-0.1, -0.05) is 6.07 Å². The fraction of sp³-hybridized carbons (Fsp3) is 0.154. The van der Waals surface area contributed by atoms with Gasteiger partial charge in [-0.15, -0.1) is 0 Å². The van der Waals surface area contributed by atoms with Crippen molar-refractivity contribution in [1.82, 2.24) is 4.98 Å². The van der Waals surface area contributed by atoms with Crippen molar-refractivity contribution in [3.63, 3.8) is 0 Å². The minimum absolute atomic E-state index is 0.255. The average molecular weight is 311 g/mol. The first kappa shape index (κ1) is 12.8. The van der Waals surface area contributed by atoms with Crippen molar-refractivity contribution in [3.05, 3.63) is 46.8 Å². The van der Waals surface area contributed by atoms with Crippen LogP contribution in [0.25, 0.3) is 0 Å². The van der Waals surface area contributed by atoms with E-state index < -0.39 is 5.82 Å². The van der Waals surface area contributed by atoms with Gasteiger partial charge < -0.3 is 10.1 Å². The van der Waals surface area contributed by atoms with Crippen LogP contribution >= 0.6 is 15.9 Å². The predicted octanol–water partition coefficient (Wildman–Crippen LogP) is 4.13. The molecule has 1 heterocycles. The second kappa shape index (κ2) is 5.82. The highest BCUT2D eigenvalue weighted by Crippen LogP contribution is 2.23. The number of ether oxygens (including phenoxy) is 1.